The fourth-order valence-electron chi connectivity index (χ4n) is 1.64. The van der Waals surface area contributed by atoms with Crippen molar-refractivity contribution in [2.24, 2.45) is 0 Å². The van der Waals surface area contributed by atoms with E-state index in [9.17, 15) is 14.9 Å². The number of hydrogen-bond acceptors (Lipinski definition) is 4. The number of rotatable bonds is 3. The number of nitro groups is 1. The SMILES string of the molecule is Cc1cccnc1NC(=O)c1cc([N+](=O)[O-])cc(Cl)c1Cl. The second-order valence-electron chi connectivity index (χ2n) is 4.17. The molecule has 1 amide bonds. The molecule has 0 radical (unpaired) electrons. The molecule has 1 aromatic carbocycles. The summed E-state index contributed by atoms with van der Waals surface area (Å²) in [5.41, 5.74) is 0.353. The van der Waals surface area contributed by atoms with Crippen LogP contribution in [-0.4, -0.2) is 15.8 Å². The normalized spacial score (nSPS) is 10.2. The van der Waals surface area contributed by atoms with E-state index in [1.807, 2.05) is 0 Å². The van der Waals surface area contributed by atoms with E-state index in [-0.39, 0.29) is 21.3 Å². The first-order valence-electron chi connectivity index (χ1n) is 5.76. The third-order valence-corrected chi connectivity index (χ3v) is 3.51. The molecule has 1 aromatic heterocycles. The Hall–Kier alpha value is -2.18. The Morgan fingerprint density at radius 3 is 2.71 bits per heavy atom. The summed E-state index contributed by atoms with van der Waals surface area (Å²) in [7, 11) is 0. The lowest BCUT2D eigenvalue weighted by Gasteiger charge is -2.09. The standard InChI is InChI=1S/C13H9Cl2N3O3/c1-7-3-2-4-16-12(7)17-13(19)9-5-8(18(20)21)6-10(14)11(9)15/h2-6H,1H3,(H,16,17,19). The number of hydrogen-bond donors (Lipinski definition) is 1. The molecular weight excluding hydrogens is 317 g/mol. The van der Waals surface area contributed by atoms with Crippen LogP contribution >= 0.6 is 23.2 Å². The molecule has 0 aliphatic rings. The van der Waals surface area contributed by atoms with Gasteiger partial charge in [-0.25, -0.2) is 4.98 Å². The maximum Gasteiger partial charge on any atom is 0.271 e. The molecule has 1 N–H and O–H groups in total. The zero-order valence-electron chi connectivity index (χ0n) is 10.8. The second kappa shape index (κ2) is 6.07. The lowest BCUT2D eigenvalue weighted by atomic mass is 10.1. The van der Waals surface area contributed by atoms with Gasteiger partial charge in [-0.2, -0.15) is 0 Å². The van der Waals surface area contributed by atoms with Crippen molar-refractivity contribution in [2.45, 2.75) is 6.92 Å². The average molecular weight is 326 g/mol. The van der Waals surface area contributed by atoms with Crippen molar-refractivity contribution in [1.82, 2.24) is 4.98 Å². The molecule has 0 spiro atoms. The van der Waals surface area contributed by atoms with Crippen LogP contribution in [0.2, 0.25) is 10.0 Å². The maximum absolute atomic E-state index is 12.2. The van der Waals surface area contributed by atoms with E-state index in [1.54, 1.807) is 19.1 Å². The number of pyridine rings is 1. The number of anilines is 1. The number of halogens is 2. The number of amides is 1. The van der Waals surface area contributed by atoms with Crippen LogP contribution in [0.15, 0.2) is 30.5 Å². The van der Waals surface area contributed by atoms with E-state index >= 15 is 0 Å². The van der Waals surface area contributed by atoms with Gasteiger partial charge in [-0.1, -0.05) is 29.3 Å². The number of benzene rings is 1. The van der Waals surface area contributed by atoms with Crippen LogP contribution in [0, 0.1) is 17.0 Å². The number of aryl methyl sites for hydroxylation is 1. The van der Waals surface area contributed by atoms with Crippen molar-refractivity contribution >= 4 is 40.6 Å². The third kappa shape index (κ3) is 3.29. The Balaban J connectivity index is 2.39. The summed E-state index contributed by atoms with van der Waals surface area (Å²) in [4.78, 5) is 26.4. The molecule has 6 nitrogen and oxygen atoms in total. The molecule has 0 unspecified atom stereocenters. The van der Waals surface area contributed by atoms with Gasteiger partial charge in [-0.15, -0.1) is 0 Å². The van der Waals surface area contributed by atoms with Crippen LogP contribution in [0.4, 0.5) is 11.5 Å². The molecule has 2 aromatic rings. The Kier molecular flexibility index (Phi) is 4.40. The fraction of sp³-hybridized carbons (Fsp3) is 0.0769. The minimum absolute atomic E-state index is 0.0478. The minimum Gasteiger partial charge on any atom is -0.306 e. The lowest BCUT2D eigenvalue weighted by Crippen LogP contribution is -2.14. The van der Waals surface area contributed by atoms with Gasteiger partial charge in [0.2, 0.25) is 0 Å². The topological polar surface area (TPSA) is 85.1 Å². The first-order valence-corrected chi connectivity index (χ1v) is 6.52. The van der Waals surface area contributed by atoms with Crippen LogP contribution in [-0.2, 0) is 0 Å². The first-order chi connectivity index (χ1) is 9.90. The molecule has 0 aliphatic heterocycles. The molecule has 2 rings (SSSR count). The zero-order chi connectivity index (χ0) is 15.6. The molecule has 0 saturated heterocycles. The van der Waals surface area contributed by atoms with Crippen LogP contribution in [0.3, 0.4) is 0 Å². The molecule has 0 saturated carbocycles. The lowest BCUT2D eigenvalue weighted by molar-refractivity contribution is -0.384. The minimum atomic E-state index is -0.648. The Labute approximate surface area is 129 Å². The second-order valence-corrected chi connectivity index (χ2v) is 4.95. The molecular formula is C13H9Cl2N3O3. The Bertz CT molecular complexity index is 735. The molecule has 1 heterocycles. The molecule has 21 heavy (non-hydrogen) atoms. The monoisotopic (exact) mass is 325 g/mol. The highest BCUT2D eigenvalue weighted by Crippen LogP contribution is 2.31. The van der Waals surface area contributed by atoms with Gasteiger partial charge in [0.15, 0.2) is 0 Å². The van der Waals surface area contributed by atoms with Gasteiger partial charge in [0.05, 0.1) is 20.5 Å². The quantitative estimate of drug-likeness (QED) is 0.685. The Morgan fingerprint density at radius 1 is 1.38 bits per heavy atom. The molecule has 8 heteroatoms. The number of aromatic nitrogens is 1. The number of nitrogens with zero attached hydrogens (tertiary/aromatic N) is 2. The van der Waals surface area contributed by atoms with Crippen molar-refractivity contribution in [2.75, 3.05) is 5.32 Å². The predicted molar refractivity (Wildman–Crippen MR) is 80.0 cm³/mol. The van der Waals surface area contributed by atoms with Crippen LogP contribution in [0.1, 0.15) is 15.9 Å². The van der Waals surface area contributed by atoms with Crippen molar-refractivity contribution in [3.05, 3.63) is 61.7 Å². The Morgan fingerprint density at radius 2 is 2.10 bits per heavy atom. The number of carbonyl (C=O) groups excluding carboxylic acids is 1. The summed E-state index contributed by atoms with van der Waals surface area (Å²) in [6.45, 7) is 1.77. The van der Waals surface area contributed by atoms with Gasteiger partial charge in [0.25, 0.3) is 11.6 Å². The van der Waals surface area contributed by atoms with Gasteiger partial charge >= 0.3 is 0 Å². The van der Waals surface area contributed by atoms with Crippen LogP contribution < -0.4 is 5.32 Å². The number of nitrogens with one attached hydrogen (secondary N) is 1. The summed E-state index contributed by atoms with van der Waals surface area (Å²) in [6, 6.07) is 5.65. The van der Waals surface area contributed by atoms with Crippen molar-refractivity contribution in [3.63, 3.8) is 0 Å². The molecule has 0 atom stereocenters. The summed E-state index contributed by atoms with van der Waals surface area (Å²) in [5, 5.41) is 13.2. The number of carbonyl (C=O) groups is 1. The van der Waals surface area contributed by atoms with Crippen LogP contribution in [0.25, 0.3) is 0 Å². The number of nitro benzene ring substituents is 1. The van der Waals surface area contributed by atoms with Gasteiger partial charge in [-0.05, 0) is 18.6 Å². The summed E-state index contributed by atoms with van der Waals surface area (Å²) in [6.07, 6.45) is 1.52. The van der Waals surface area contributed by atoms with Crippen molar-refractivity contribution < 1.29 is 9.72 Å². The van der Waals surface area contributed by atoms with Crippen LogP contribution in [0.5, 0.6) is 0 Å². The van der Waals surface area contributed by atoms with Gasteiger partial charge in [0, 0.05) is 18.3 Å². The highest BCUT2D eigenvalue weighted by molar-refractivity contribution is 6.44. The number of non-ortho nitro benzene ring substituents is 1. The molecule has 0 bridgehead atoms. The van der Waals surface area contributed by atoms with E-state index in [1.165, 1.54) is 6.20 Å². The molecule has 0 fully saturated rings. The largest absolute Gasteiger partial charge is 0.306 e. The van der Waals surface area contributed by atoms with E-state index in [0.29, 0.717) is 5.82 Å². The van der Waals surface area contributed by atoms with Crippen molar-refractivity contribution in [1.29, 1.82) is 0 Å². The maximum atomic E-state index is 12.2. The summed E-state index contributed by atoms with van der Waals surface area (Å²) < 4.78 is 0. The molecule has 108 valence electrons. The van der Waals surface area contributed by atoms with Gasteiger partial charge in [-0.3, -0.25) is 14.9 Å². The van der Waals surface area contributed by atoms with E-state index < -0.39 is 10.8 Å². The summed E-state index contributed by atoms with van der Waals surface area (Å²) >= 11 is 11.7. The van der Waals surface area contributed by atoms with E-state index in [4.69, 9.17) is 23.2 Å². The predicted octanol–water partition coefficient (Wildman–Crippen LogP) is 3.86. The van der Waals surface area contributed by atoms with Gasteiger partial charge in [0.1, 0.15) is 5.82 Å². The van der Waals surface area contributed by atoms with Crippen molar-refractivity contribution in [3.8, 4) is 0 Å². The van der Waals surface area contributed by atoms with E-state index in [0.717, 1.165) is 17.7 Å². The highest BCUT2D eigenvalue weighted by atomic mass is 35.5. The highest BCUT2D eigenvalue weighted by Gasteiger charge is 2.20. The zero-order valence-corrected chi connectivity index (χ0v) is 12.3. The molecule has 0 aliphatic carbocycles. The first kappa shape index (κ1) is 15.2. The van der Waals surface area contributed by atoms with Gasteiger partial charge < -0.3 is 5.32 Å². The van der Waals surface area contributed by atoms with E-state index in [2.05, 4.69) is 10.3 Å². The summed E-state index contributed by atoms with van der Waals surface area (Å²) in [5.74, 6) is -0.270. The average Bonchev–Trinajstić information content (AvgIpc) is 2.43. The fourth-order valence-corrected chi connectivity index (χ4v) is 2.05. The third-order valence-electron chi connectivity index (χ3n) is 2.71. The smallest absolute Gasteiger partial charge is 0.271 e.